The van der Waals surface area contributed by atoms with Crippen LogP contribution in [0, 0.1) is 13.8 Å². The standard InChI is InChI=1S/C13H17N5O2S/c1-8-13(9(2)17-16-8)21(19,20)18-11-5-6-12(14-7-11)15-10-3-4-10/h5-7,10,18H,3-4H2,1-2H3,(H,14,15)(H,16,17). The van der Waals surface area contributed by atoms with Crippen LogP contribution >= 0.6 is 0 Å². The maximum atomic E-state index is 12.4. The van der Waals surface area contributed by atoms with Crippen LogP contribution in [0.25, 0.3) is 0 Å². The number of nitrogens with one attached hydrogen (secondary N) is 3. The summed E-state index contributed by atoms with van der Waals surface area (Å²) in [5.74, 6) is 0.760. The minimum atomic E-state index is -3.66. The first kappa shape index (κ1) is 13.9. The van der Waals surface area contributed by atoms with Gasteiger partial charge in [-0.3, -0.25) is 9.82 Å². The molecule has 2 aromatic rings. The normalized spacial score (nSPS) is 15.0. The Morgan fingerprint density at radius 3 is 2.57 bits per heavy atom. The third-order valence-electron chi connectivity index (χ3n) is 3.27. The molecule has 0 spiro atoms. The molecule has 21 heavy (non-hydrogen) atoms. The van der Waals surface area contributed by atoms with E-state index in [-0.39, 0.29) is 4.90 Å². The van der Waals surface area contributed by atoms with Crippen molar-refractivity contribution in [2.45, 2.75) is 37.6 Å². The average Bonchev–Trinajstić information content (AvgIpc) is 3.16. The highest BCUT2D eigenvalue weighted by molar-refractivity contribution is 7.92. The van der Waals surface area contributed by atoms with Gasteiger partial charge in [-0.25, -0.2) is 13.4 Å². The molecule has 2 aromatic heterocycles. The second-order valence-corrected chi connectivity index (χ2v) is 6.84. The Morgan fingerprint density at radius 2 is 2.05 bits per heavy atom. The molecule has 0 radical (unpaired) electrons. The SMILES string of the molecule is Cc1n[nH]c(C)c1S(=O)(=O)Nc1ccc(NC2CC2)nc1. The molecule has 0 amide bonds. The molecular weight excluding hydrogens is 290 g/mol. The number of aryl methyl sites for hydroxylation is 2. The summed E-state index contributed by atoms with van der Waals surface area (Å²) in [4.78, 5) is 4.39. The lowest BCUT2D eigenvalue weighted by molar-refractivity contribution is 0.600. The Bertz CT molecular complexity index is 728. The molecule has 1 aliphatic rings. The number of anilines is 2. The monoisotopic (exact) mass is 307 g/mol. The molecule has 0 aliphatic heterocycles. The zero-order valence-electron chi connectivity index (χ0n) is 11.8. The van der Waals surface area contributed by atoms with Crippen LogP contribution in [0.3, 0.4) is 0 Å². The summed E-state index contributed by atoms with van der Waals surface area (Å²) in [5.41, 5.74) is 1.39. The van der Waals surface area contributed by atoms with Crippen molar-refractivity contribution in [2.24, 2.45) is 0 Å². The van der Waals surface area contributed by atoms with Gasteiger partial charge in [-0.05, 0) is 38.8 Å². The van der Waals surface area contributed by atoms with Gasteiger partial charge in [0.25, 0.3) is 10.0 Å². The van der Waals surface area contributed by atoms with E-state index in [0.29, 0.717) is 23.1 Å². The number of rotatable bonds is 5. The quantitative estimate of drug-likeness (QED) is 0.782. The molecule has 7 nitrogen and oxygen atoms in total. The highest BCUT2D eigenvalue weighted by atomic mass is 32.2. The maximum Gasteiger partial charge on any atom is 0.265 e. The molecule has 112 valence electrons. The lowest BCUT2D eigenvalue weighted by Crippen LogP contribution is -2.15. The second-order valence-electron chi connectivity index (χ2n) is 5.22. The van der Waals surface area contributed by atoms with Crippen LogP contribution < -0.4 is 10.0 Å². The second kappa shape index (κ2) is 5.03. The largest absolute Gasteiger partial charge is 0.367 e. The Labute approximate surface area is 123 Å². The lowest BCUT2D eigenvalue weighted by Gasteiger charge is -2.09. The van der Waals surface area contributed by atoms with E-state index in [1.54, 1.807) is 26.0 Å². The predicted molar refractivity (Wildman–Crippen MR) is 79.8 cm³/mol. The zero-order chi connectivity index (χ0) is 15.0. The minimum absolute atomic E-state index is 0.183. The van der Waals surface area contributed by atoms with Crippen molar-refractivity contribution in [3.8, 4) is 0 Å². The minimum Gasteiger partial charge on any atom is -0.367 e. The molecule has 0 atom stereocenters. The molecule has 1 fully saturated rings. The third kappa shape index (κ3) is 2.99. The first-order valence-corrected chi connectivity index (χ1v) is 8.21. The Kier molecular flexibility index (Phi) is 3.32. The van der Waals surface area contributed by atoms with Gasteiger partial charge in [-0.2, -0.15) is 5.10 Å². The number of H-pyrrole nitrogens is 1. The highest BCUT2D eigenvalue weighted by Crippen LogP contribution is 2.25. The van der Waals surface area contributed by atoms with Gasteiger partial charge in [-0.1, -0.05) is 0 Å². The lowest BCUT2D eigenvalue weighted by atomic mass is 10.4. The van der Waals surface area contributed by atoms with Gasteiger partial charge < -0.3 is 5.32 Å². The topological polar surface area (TPSA) is 99.8 Å². The van der Waals surface area contributed by atoms with Gasteiger partial charge in [0.05, 0.1) is 23.3 Å². The van der Waals surface area contributed by atoms with Crippen LogP contribution in [0.4, 0.5) is 11.5 Å². The summed E-state index contributed by atoms with van der Waals surface area (Å²) in [6, 6.07) is 3.97. The number of aromatic nitrogens is 3. The smallest absolute Gasteiger partial charge is 0.265 e. The van der Waals surface area contributed by atoms with Crippen LogP contribution in [-0.2, 0) is 10.0 Å². The fourth-order valence-electron chi connectivity index (χ4n) is 2.12. The fourth-order valence-corrected chi connectivity index (χ4v) is 3.54. The number of pyridine rings is 1. The Balaban J connectivity index is 1.78. The molecule has 3 rings (SSSR count). The van der Waals surface area contributed by atoms with Crippen molar-refractivity contribution in [3.05, 3.63) is 29.7 Å². The number of nitrogens with zero attached hydrogens (tertiary/aromatic N) is 2. The van der Waals surface area contributed by atoms with Crippen molar-refractivity contribution in [3.63, 3.8) is 0 Å². The maximum absolute atomic E-state index is 12.4. The van der Waals surface area contributed by atoms with E-state index in [0.717, 1.165) is 18.7 Å². The van der Waals surface area contributed by atoms with Crippen LogP contribution in [0.2, 0.25) is 0 Å². The molecule has 1 aliphatic carbocycles. The van der Waals surface area contributed by atoms with Crippen molar-refractivity contribution in [2.75, 3.05) is 10.0 Å². The number of hydrogen-bond acceptors (Lipinski definition) is 5. The predicted octanol–water partition coefficient (Wildman–Crippen LogP) is 1.80. The number of hydrogen-bond donors (Lipinski definition) is 3. The summed E-state index contributed by atoms with van der Waals surface area (Å²) in [6.45, 7) is 3.33. The van der Waals surface area contributed by atoms with Crippen LogP contribution in [0.5, 0.6) is 0 Å². The van der Waals surface area contributed by atoms with Crippen molar-refractivity contribution < 1.29 is 8.42 Å². The van der Waals surface area contributed by atoms with Gasteiger partial charge in [0.2, 0.25) is 0 Å². The third-order valence-corrected chi connectivity index (χ3v) is 4.92. The highest BCUT2D eigenvalue weighted by Gasteiger charge is 2.23. The van der Waals surface area contributed by atoms with Gasteiger partial charge >= 0.3 is 0 Å². The molecule has 0 bridgehead atoms. The first-order chi connectivity index (χ1) is 9.95. The van der Waals surface area contributed by atoms with E-state index >= 15 is 0 Å². The van der Waals surface area contributed by atoms with E-state index in [9.17, 15) is 8.42 Å². The van der Waals surface area contributed by atoms with E-state index < -0.39 is 10.0 Å². The molecule has 3 N–H and O–H groups in total. The van der Waals surface area contributed by atoms with Crippen molar-refractivity contribution >= 4 is 21.5 Å². The first-order valence-electron chi connectivity index (χ1n) is 6.73. The van der Waals surface area contributed by atoms with Gasteiger partial charge in [0.15, 0.2) is 0 Å². The molecule has 1 saturated carbocycles. The molecule has 8 heteroatoms. The summed E-state index contributed by atoms with van der Waals surface area (Å²) in [7, 11) is -3.66. The van der Waals surface area contributed by atoms with Crippen LogP contribution in [-0.4, -0.2) is 29.6 Å². The average molecular weight is 307 g/mol. The summed E-state index contributed by atoms with van der Waals surface area (Å²) >= 11 is 0. The molecule has 2 heterocycles. The summed E-state index contributed by atoms with van der Waals surface area (Å²) in [5, 5.41) is 9.83. The summed E-state index contributed by atoms with van der Waals surface area (Å²) in [6.07, 6.45) is 3.83. The van der Waals surface area contributed by atoms with Gasteiger partial charge in [0.1, 0.15) is 10.7 Å². The molecule has 0 unspecified atom stereocenters. The van der Waals surface area contributed by atoms with Gasteiger partial charge in [-0.15, -0.1) is 0 Å². The molecule has 0 aromatic carbocycles. The van der Waals surface area contributed by atoms with E-state index in [2.05, 4.69) is 25.2 Å². The Morgan fingerprint density at radius 1 is 1.29 bits per heavy atom. The van der Waals surface area contributed by atoms with E-state index in [1.165, 1.54) is 6.20 Å². The van der Waals surface area contributed by atoms with Crippen LogP contribution in [0.15, 0.2) is 23.2 Å². The number of sulfonamides is 1. The van der Waals surface area contributed by atoms with E-state index in [1.807, 2.05) is 0 Å². The molecular formula is C13H17N5O2S. The van der Waals surface area contributed by atoms with Crippen LogP contribution in [0.1, 0.15) is 24.2 Å². The number of aromatic amines is 1. The zero-order valence-corrected chi connectivity index (χ0v) is 12.7. The summed E-state index contributed by atoms with van der Waals surface area (Å²) < 4.78 is 27.2. The van der Waals surface area contributed by atoms with Crippen molar-refractivity contribution in [1.82, 2.24) is 15.2 Å². The van der Waals surface area contributed by atoms with E-state index in [4.69, 9.17) is 0 Å². The van der Waals surface area contributed by atoms with Gasteiger partial charge in [0, 0.05) is 6.04 Å². The fraction of sp³-hybridized carbons (Fsp3) is 0.385. The van der Waals surface area contributed by atoms with Crippen molar-refractivity contribution in [1.29, 1.82) is 0 Å². The molecule has 0 saturated heterocycles. The Hall–Kier alpha value is -2.09.